The van der Waals surface area contributed by atoms with Gasteiger partial charge in [-0.3, -0.25) is 0 Å². The first kappa shape index (κ1) is 20.2. The third kappa shape index (κ3) is 4.86. The Bertz CT molecular complexity index is 779. The third-order valence-electron chi connectivity index (χ3n) is 5.39. The van der Waals surface area contributed by atoms with Gasteiger partial charge in [-0.25, -0.2) is 9.78 Å². The van der Waals surface area contributed by atoms with Crippen molar-refractivity contribution in [2.45, 2.75) is 53.0 Å². The fraction of sp³-hybridized carbons (Fsp3) is 0.545. The van der Waals surface area contributed by atoms with Crippen molar-refractivity contribution >= 4 is 11.7 Å². The van der Waals surface area contributed by atoms with Crippen LogP contribution in [-0.2, 0) is 13.0 Å². The predicted molar refractivity (Wildman–Crippen MR) is 112 cm³/mol. The molecule has 2 amide bonds. The normalized spacial score (nSPS) is 14.9. The van der Waals surface area contributed by atoms with E-state index in [9.17, 15) is 4.79 Å². The number of urea groups is 1. The summed E-state index contributed by atoms with van der Waals surface area (Å²) in [6.45, 7) is 9.43. The molecule has 1 aromatic heterocycles. The molecule has 0 bridgehead atoms. The van der Waals surface area contributed by atoms with Crippen LogP contribution in [0.3, 0.4) is 0 Å². The van der Waals surface area contributed by atoms with E-state index in [0.717, 1.165) is 51.0 Å². The Morgan fingerprint density at radius 1 is 1.25 bits per heavy atom. The average molecular weight is 385 g/mol. The van der Waals surface area contributed by atoms with E-state index in [1.807, 2.05) is 42.3 Å². The number of ether oxygens (including phenoxy) is 1. The lowest BCUT2D eigenvalue weighted by atomic mass is 9.93. The van der Waals surface area contributed by atoms with Crippen LogP contribution in [0, 0.1) is 12.8 Å². The van der Waals surface area contributed by atoms with E-state index in [2.05, 4.69) is 28.7 Å². The third-order valence-corrected chi connectivity index (χ3v) is 5.39. The SMILES string of the molecule is CCCn1c(C)cnc1CC1CCN(C(=O)Nc2ccccc2OCC)CC1. The number of amides is 2. The van der Waals surface area contributed by atoms with Gasteiger partial charge in [-0.2, -0.15) is 0 Å². The molecule has 28 heavy (non-hydrogen) atoms. The van der Waals surface area contributed by atoms with E-state index < -0.39 is 0 Å². The zero-order valence-corrected chi connectivity index (χ0v) is 17.3. The number of anilines is 1. The number of nitrogens with zero attached hydrogens (tertiary/aromatic N) is 3. The highest BCUT2D eigenvalue weighted by atomic mass is 16.5. The minimum Gasteiger partial charge on any atom is -0.492 e. The van der Waals surface area contributed by atoms with E-state index in [4.69, 9.17) is 4.74 Å². The van der Waals surface area contributed by atoms with E-state index in [1.165, 1.54) is 11.5 Å². The van der Waals surface area contributed by atoms with Crippen molar-refractivity contribution < 1.29 is 9.53 Å². The molecule has 6 nitrogen and oxygen atoms in total. The van der Waals surface area contributed by atoms with Crippen LogP contribution < -0.4 is 10.1 Å². The first-order valence-corrected chi connectivity index (χ1v) is 10.4. The highest BCUT2D eigenvalue weighted by molar-refractivity contribution is 5.91. The van der Waals surface area contributed by atoms with Gasteiger partial charge in [0.25, 0.3) is 0 Å². The van der Waals surface area contributed by atoms with Crippen LogP contribution in [0.2, 0.25) is 0 Å². The lowest BCUT2D eigenvalue weighted by molar-refractivity contribution is 0.181. The molecule has 0 atom stereocenters. The second kappa shape index (κ2) is 9.62. The summed E-state index contributed by atoms with van der Waals surface area (Å²) in [4.78, 5) is 19.2. The van der Waals surface area contributed by atoms with Crippen molar-refractivity contribution in [1.29, 1.82) is 0 Å². The predicted octanol–water partition coefficient (Wildman–Crippen LogP) is 4.49. The van der Waals surface area contributed by atoms with Gasteiger partial charge < -0.3 is 19.5 Å². The van der Waals surface area contributed by atoms with Crippen LogP contribution in [0.1, 0.15) is 44.6 Å². The molecule has 1 aliphatic heterocycles. The molecule has 1 aliphatic rings. The minimum atomic E-state index is -0.0473. The van der Waals surface area contributed by atoms with Gasteiger partial charge in [0.1, 0.15) is 11.6 Å². The number of carbonyl (C=O) groups is 1. The summed E-state index contributed by atoms with van der Waals surface area (Å²) < 4.78 is 7.94. The molecule has 1 fully saturated rings. The van der Waals surface area contributed by atoms with Crippen LogP contribution in [-0.4, -0.2) is 40.2 Å². The Labute approximate surface area is 167 Å². The van der Waals surface area contributed by atoms with Crippen LogP contribution in [0.25, 0.3) is 0 Å². The summed E-state index contributed by atoms with van der Waals surface area (Å²) in [5.41, 5.74) is 1.97. The Morgan fingerprint density at radius 2 is 2.00 bits per heavy atom. The Kier molecular flexibility index (Phi) is 6.95. The molecule has 0 radical (unpaired) electrons. The van der Waals surface area contributed by atoms with Crippen molar-refractivity contribution in [1.82, 2.24) is 14.5 Å². The van der Waals surface area contributed by atoms with Crippen molar-refractivity contribution in [3.8, 4) is 5.75 Å². The second-order valence-corrected chi connectivity index (χ2v) is 7.46. The number of imidazole rings is 1. The first-order valence-electron chi connectivity index (χ1n) is 10.4. The molecule has 6 heteroatoms. The first-order chi connectivity index (χ1) is 13.6. The lowest BCUT2D eigenvalue weighted by Gasteiger charge is -2.32. The molecule has 1 saturated heterocycles. The number of para-hydroxylation sites is 2. The van der Waals surface area contributed by atoms with Gasteiger partial charge >= 0.3 is 6.03 Å². The number of piperidine rings is 1. The van der Waals surface area contributed by atoms with Crippen molar-refractivity contribution in [3.05, 3.63) is 42.0 Å². The number of benzene rings is 1. The number of likely N-dealkylation sites (tertiary alicyclic amines) is 1. The zero-order valence-electron chi connectivity index (χ0n) is 17.3. The topological polar surface area (TPSA) is 59.4 Å². The molecule has 0 spiro atoms. The number of rotatable bonds is 7. The number of carbonyl (C=O) groups excluding carboxylic acids is 1. The number of aromatic nitrogens is 2. The van der Waals surface area contributed by atoms with Crippen molar-refractivity contribution in [2.24, 2.45) is 5.92 Å². The van der Waals surface area contributed by atoms with E-state index in [-0.39, 0.29) is 6.03 Å². The fourth-order valence-electron chi connectivity index (χ4n) is 3.85. The molecule has 1 N–H and O–H groups in total. The van der Waals surface area contributed by atoms with E-state index >= 15 is 0 Å². The Balaban J connectivity index is 1.53. The maximum Gasteiger partial charge on any atom is 0.321 e. The van der Waals surface area contributed by atoms with Gasteiger partial charge in [-0.1, -0.05) is 19.1 Å². The summed E-state index contributed by atoms with van der Waals surface area (Å²) in [5, 5.41) is 3.00. The lowest BCUT2D eigenvalue weighted by Crippen LogP contribution is -2.41. The highest BCUT2D eigenvalue weighted by Gasteiger charge is 2.24. The average Bonchev–Trinajstić information content (AvgIpc) is 3.04. The molecular formula is C22H32N4O2. The monoisotopic (exact) mass is 384 g/mol. The van der Waals surface area contributed by atoms with Crippen LogP contribution in [0.15, 0.2) is 30.5 Å². The van der Waals surface area contributed by atoms with Crippen molar-refractivity contribution in [2.75, 3.05) is 25.0 Å². The van der Waals surface area contributed by atoms with E-state index in [1.54, 1.807) is 0 Å². The molecule has 0 saturated carbocycles. The number of nitrogens with one attached hydrogen (secondary N) is 1. The van der Waals surface area contributed by atoms with Crippen LogP contribution in [0.5, 0.6) is 5.75 Å². The maximum atomic E-state index is 12.7. The zero-order chi connectivity index (χ0) is 19.9. The van der Waals surface area contributed by atoms with Crippen LogP contribution >= 0.6 is 0 Å². The second-order valence-electron chi connectivity index (χ2n) is 7.46. The van der Waals surface area contributed by atoms with Crippen LogP contribution in [0.4, 0.5) is 10.5 Å². The summed E-state index contributed by atoms with van der Waals surface area (Å²) in [5.74, 6) is 2.48. The largest absolute Gasteiger partial charge is 0.492 e. The standard InChI is InChI=1S/C22H32N4O2/c1-4-12-26-17(3)16-23-21(26)15-18-10-13-25(14-11-18)22(27)24-19-8-6-7-9-20(19)28-5-2/h6-9,16,18H,4-5,10-15H2,1-3H3,(H,24,27). The number of aryl methyl sites for hydroxylation is 1. The molecule has 0 unspecified atom stereocenters. The fourth-order valence-corrected chi connectivity index (χ4v) is 3.85. The Hall–Kier alpha value is -2.50. The Morgan fingerprint density at radius 3 is 2.71 bits per heavy atom. The molecule has 0 aliphatic carbocycles. The smallest absolute Gasteiger partial charge is 0.321 e. The molecule has 1 aromatic carbocycles. The number of hydrogen-bond acceptors (Lipinski definition) is 3. The minimum absolute atomic E-state index is 0.0473. The van der Waals surface area contributed by atoms with Gasteiger partial charge in [-0.15, -0.1) is 0 Å². The summed E-state index contributed by atoms with van der Waals surface area (Å²) in [7, 11) is 0. The molecular weight excluding hydrogens is 352 g/mol. The van der Waals surface area contributed by atoms with E-state index in [0.29, 0.717) is 18.3 Å². The molecule has 2 heterocycles. The number of hydrogen-bond donors (Lipinski definition) is 1. The quantitative estimate of drug-likeness (QED) is 0.765. The summed E-state index contributed by atoms with van der Waals surface area (Å²) in [6.07, 6.45) is 6.11. The van der Waals surface area contributed by atoms with Gasteiger partial charge in [0.15, 0.2) is 0 Å². The summed E-state index contributed by atoms with van der Waals surface area (Å²) >= 11 is 0. The molecule has 3 rings (SSSR count). The highest BCUT2D eigenvalue weighted by Crippen LogP contribution is 2.26. The van der Waals surface area contributed by atoms with Gasteiger partial charge in [0.05, 0.1) is 12.3 Å². The van der Waals surface area contributed by atoms with Gasteiger partial charge in [-0.05, 0) is 51.2 Å². The van der Waals surface area contributed by atoms with Gasteiger partial charge in [0.2, 0.25) is 0 Å². The molecule has 2 aromatic rings. The maximum absolute atomic E-state index is 12.7. The van der Waals surface area contributed by atoms with Gasteiger partial charge in [0, 0.05) is 37.9 Å². The van der Waals surface area contributed by atoms with Crippen molar-refractivity contribution in [3.63, 3.8) is 0 Å². The molecule has 152 valence electrons. The summed E-state index contributed by atoms with van der Waals surface area (Å²) in [6, 6.07) is 7.53.